The zero-order chi connectivity index (χ0) is 10.0. The number of ether oxygens (including phenoxy) is 1. The summed E-state index contributed by atoms with van der Waals surface area (Å²) in [5, 5.41) is 9.75. The molecule has 0 amide bonds. The molecule has 13 heavy (non-hydrogen) atoms. The van der Waals surface area contributed by atoms with Crippen LogP contribution in [-0.4, -0.2) is 11.4 Å². The number of benzene rings is 1. The van der Waals surface area contributed by atoms with Gasteiger partial charge in [-0.3, -0.25) is 0 Å². The van der Waals surface area contributed by atoms with Gasteiger partial charge in [-0.1, -0.05) is 11.6 Å². The summed E-state index contributed by atoms with van der Waals surface area (Å²) in [6, 6.07) is 3.62. The summed E-state index contributed by atoms with van der Waals surface area (Å²) >= 11 is 5.97. The summed E-state index contributed by atoms with van der Waals surface area (Å²) in [7, 11) is 0. The predicted octanol–water partition coefficient (Wildman–Crippen LogP) is 2.67. The minimum Gasteiger partial charge on any atom is -0.465 e. The molecule has 72 valence electrons. The molecule has 2 nitrogen and oxygen atoms in total. The minimum absolute atomic E-state index is 0.648. The van der Waals surface area contributed by atoms with Crippen molar-refractivity contribution in [1.82, 2.24) is 0 Å². The molecule has 0 bridgehead atoms. The second-order valence-electron chi connectivity index (χ2n) is 3.09. The smallest absolute Gasteiger partial charge is 0.194 e. The molecule has 0 aliphatic carbocycles. The zero-order valence-electron chi connectivity index (χ0n) is 7.97. The average molecular weight is 201 g/mol. The van der Waals surface area contributed by atoms with Gasteiger partial charge in [-0.05, 0) is 44.0 Å². The molecule has 1 unspecified atom stereocenters. The van der Waals surface area contributed by atoms with Crippen molar-refractivity contribution in [2.24, 2.45) is 0 Å². The molecule has 0 fully saturated rings. The second kappa shape index (κ2) is 3.99. The Morgan fingerprint density at radius 2 is 1.77 bits per heavy atom. The van der Waals surface area contributed by atoms with E-state index in [0.717, 1.165) is 16.1 Å². The van der Waals surface area contributed by atoms with E-state index in [2.05, 4.69) is 0 Å². The van der Waals surface area contributed by atoms with Crippen LogP contribution in [0.5, 0.6) is 5.75 Å². The van der Waals surface area contributed by atoms with E-state index in [1.54, 1.807) is 6.92 Å². The molecule has 1 aromatic carbocycles. The summed E-state index contributed by atoms with van der Waals surface area (Å²) in [5.74, 6) is 0.648. The highest BCUT2D eigenvalue weighted by atomic mass is 35.5. The molecule has 0 aliphatic heterocycles. The highest BCUT2D eigenvalue weighted by Crippen LogP contribution is 2.26. The van der Waals surface area contributed by atoms with Crippen molar-refractivity contribution >= 4 is 11.6 Å². The van der Waals surface area contributed by atoms with Crippen molar-refractivity contribution in [3.63, 3.8) is 0 Å². The van der Waals surface area contributed by atoms with Crippen LogP contribution in [0.1, 0.15) is 18.1 Å². The summed E-state index contributed by atoms with van der Waals surface area (Å²) in [4.78, 5) is 0. The topological polar surface area (TPSA) is 29.5 Å². The van der Waals surface area contributed by atoms with Gasteiger partial charge in [0.25, 0.3) is 0 Å². The van der Waals surface area contributed by atoms with E-state index in [1.807, 2.05) is 26.0 Å². The van der Waals surface area contributed by atoms with Crippen LogP contribution in [0.3, 0.4) is 0 Å². The third-order valence-corrected chi connectivity index (χ3v) is 2.31. The third-order valence-electron chi connectivity index (χ3n) is 1.72. The number of hydrogen-bond acceptors (Lipinski definition) is 2. The summed E-state index contributed by atoms with van der Waals surface area (Å²) in [6.07, 6.45) is -0.792. The lowest BCUT2D eigenvalue weighted by Crippen LogP contribution is -2.09. The first-order valence-corrected chi connectivity index (χ1v) is 4.50. The molecule has 0 aromatic heterocycles. The number of aryl methyl sites for hydroxylation is 2. The Bertz CT molecular complexity index is 285. The fraction of sp³-hybridized carbons (Fsp3) is 0.400. The van der Waals surface area contributed by atoms with Gasteiger partial charge < -0.3 is 9.84 Å². The number of rotatable bonds is 2. The van der Waals surface area contributed by atoms with Gasteiger partial charge in [-0.15, -0.1) is 0 Å². The fourth-order valence-electron chi connectivity index (χ4n) is 1.17. The van der Waals surface area contributed by atoms with Crippen LogP contribution in [0.4, 0.5) is 0 Å². The van der Waals surface area contributed by atoms with Crippen LogP contribution in [0, 0.1) is 13.8 Å². The van der Waals surface area contributed by atoms with Crippen molar-refractivity contribution in [3.8, 4) is 5.75 Å². The van der Waals surface area contributed by atoms with Crippen LogP contribution in [0.2, 0.25) is 5.02 Å². The third kappa shape index (κ3) is 2.61. The van der Waals surface area contributed by atoms with Crippen LogP contribution in [-0.2, 0) is 0 Å². The molecule has 0 saturated carbocycles. The predicted molar refractivity (Wildman–Crippen MR) is 53.2 cm³/mol. The van der Waals surface area contributed by atoms with E-state index in [0.29, 0.717) is 5.75 Å². The monoisotopic (exact) mass is 200 g/mol. The Morgan fingerprint density at radius 1 is 1.31 bits per heavy atom. The van der Waals surface area contributed by atoms with E-state index in [-0.39, 0.29) is 0 Å². The first-order chi connectivity index (χ1) is 6.00. The van der Waals surface area contributed by atoms with E-state index in [1.165, 1.54) is 0 Å². The number of aliphatic hydroxyl groups is 1. The van der Waals surface area contributed by atoms with Crippen molar-refractivity contribution in [3.05, 3.63) is 28.3 Å². The molecule has 1 aromatic rings. The van der Waals surface area contributed by atoms with Crippen LogP contribution in [0.25, 0.3) is 0 Å². The zero-order valence-corrected chi connectivity index (χ0v) is 8.72. The molecule has 1 atom stereocenters. The maximum atomic E-state index is 9.00. The van der Waals surface area contributed by atoms with Gasteiger partial charge in [0.15, 0.2) is 6.29 Å². The van der Waals surface area contributed by atoms with Gasteiger partial charge in [0.1, 0.15) is 5.75 Å². The molecule has 3 heteroatoms. The number of hydrogen-bond donors (Lipinski definition) is 1. The highest BCUT2D eigenvalue weighted by Gasteiger charge is 2.04. The van der Waals surface area contributed by atoms with Gasteiger partial charge in [-0.25, -0.2) is 0 Å². The van der Waals surface area contributed by atoms with Crippen LogP contribution >= 0.6 is 11.6 Å². The summed E-state index contributed by atoms with van der Waals surface area (Å²) in [5.41, 5.74) is 1.91. The molecular formula is C10H13ClO2. The molecule has 0 saturated heterocycles. The Hall–Kier alpha value is -0.730. The maximum Gasteiger partial charge on any atom is 0.194 e. The summed E-state index contributed by atoms with van der Waals surface area (Å²) < 4.78 is 5.13. The molecule has 0 radical (unpaired) electrons. The Kier molecular flexibility index (Phi) is 3.17. The second-order valence-corrected chi connectivity index (χ2v) is 3.47. The first kappa shape index (κ1) is 10.4. The van der Waals surface area contributed by atoms with Gasteiger partial charge in [0, 0.05) is 5.02 Å². The minimum atomic E-state index is -0.792. The van der Waals surface area contributed by atoms with Crippen molar-refractivity contribution < 1.29 is 9.84 Å². The first-order valence-electron chi connectivity index (χ1n) is 4.12. The number of aliphatic hydroxyl groups excluding tert-OH is 1. The van der Waals surface area contributed by atoms with Gasteiger partial charge in [0.2, 0.25) is 0 Å². The van der Waals surface area contributed by atoms with Crippen molar-refractivity contribution in [2.45, 2.75) is 27.1 Å². The molecule has 0 heterocycles. The van der Waals surface area contributed by atoms with Crippen molar-refractivity contribution in [1.29, 1.82) is 0 Å². The Morgan fingerprint density at radius 3 is 2.15 bits per heavy atom. The largest absolute Gasteiger partial charge is 0.465 e. The van der Waals surface area contributed by atoms with Gasteiger partial charge >= 0.3 is 0 Å². The summed E-state index contributed by atoms with van der Waals surface area (Å²) in [6.45, 7) is 5.38. The standard InChI is InChI=1S/C10H13ClO2/c1-6-4-9(13-8(3)12)5-7(2)10(6)11/h4-5,8,12H,1-3H3. The maximum absolute atomic E-state index is 9.00. The normalized spacial score (nSPS) is 12.7. The lowest BCUT2D eigenvalue weighted by Gasteiger charge is -2.11. The molecule has 0 aliphatic rings. The lowest BCUT2D eigenvalue weighted by molar-refractivity contribution is -0.000347. The average Bonchev–Trinajstić information content (AvgIpc) is 1.98. The fourth-order valence-corrected chi connectivity index (χ4v) is 1.28. The van der Waals surface area contributed by atoms with Gasteiger partial charge in [0.05, 0.1) is 0 Å². The van der Waals surface area contributed by atoms with Crippen molar-refractivity contribution in [2.75, 3.05) is 0 Å². The quantitative estimate of drug-likeness (QED) is 0.744. The van der Waals surface area contributed by atoms with E-state index >= 15 is 0 Å². The Labute approximate surface area is 83.1 Å². The molecule has 1 N–H and O–H groups in total. The van der Waals surface area contributed by atoms with Gasteiger partial charge in [-0.2, -0.15) is 0 Å². The molecule has 1 rings (SSSR count). The van der Waals surface area contributed by atoms with Crippen LogP contribution < -0.4 is 4.74 Å². The molecule has 0 spiro atoms. The van der Waals surface area contributed by atoms with E-state index in [4.69, 9.17) is 21.4 Å². The highest BCUT2D eigenvalue weighted by molar-refractivity contribution is 6.32. The van der Waals surface area contributed by atoms with E-state index in [9.17, 15) is 0 Å². The number of halogens is 1. The SMILES string of the molecule is Cc1cc(OC(C)O)cc(C)c1Cl. The molecular weight excluding hydrogens is 188 g/mol. The Balaban J connectivity index is 2.99. The van der Waals surface area contributed by atoms with E-state index < -0.39 is 6.29 Å². The lowest BCUT2D eigenvalue weighted by atomic mass is 10.1. The van der Waals surface area contributed by atoms with Crippen LogP contribution in [0.15, 0.2) is 12.1 Å².